The van der Waals surface area contributed by atoms with Crippen LogP contribution < -0.4 is 18.9 Å². The number of fused-ring (bicyclic) bond motifs is 3. The molecular weight excluding hydrogens is 489 g/mol. The van der Waals surface area contributed by atoms with E-state index in [-0.39, 0.29) is 11.5 Å². The van der Waals surface area contributed by atoms with E-state index in [1.807, 2.05) is 24.3 Å². The number of hydrogen-bond donors (Lipinski definition) is 0. The molecule has 0 aliphatic carbocycles. The van der Waals surface area contributed by atoms with E-state index in [9.17, 15) is 4.79 Å². The molecule has 0 N–H and O–H groups in total. The number of ketones is 1. The quantitative estimate of drug-likeness (QED) is 0.377. The summed E-state index contributed by atoms with van der Waals surface area (Å²) in [4.78, 5) is 15.2. The molecule has 6 nitrogen and oxygen atoms in total. The van der Waals surface area contributed by atoms with Crippen molar-refractivity contribution in [1.29, 1.82) is 0 Å². The lowest BCUT2D eigenvalue weighted by Gasteiger charge is -2.29. The molecule has 0 aromatic heterocycles. The summed E-state index contributed by atoms with van der Waals surface area (Å²) in [5.41, 5.74) is 3.03. The van der Waals surface area contributed by atoms with Crippen molar-refractivity contribution < 1.29 is 23.7 Å². The molecule has 0 amide bonds. The summed E-state index contributed by atoms with van der Waals surface area (Å²) in [7, 11) is 3.25. The number of halogens is 2. The second kappa shape index (κ2) is 9.82. The smallest absolute Gasteiger partial charge is 0.231 e. The second-order valence-electron chi connectivity index (χ2n) is 8.26. The molecule has 2 aliphatic heterocycles. The summed E-state index contributed by atoms with van der Waals surface area (Å²) in [6.45, 7) is 1.80. The number of Topliss-reactive ketones (excluding diaryl/α,β-unsaturated/α-hetero) is 1. The molecule has 5 rings (SSSR count). The minimum absolute atomic E-state index is 0.186. The van der Waals surface area contributed by atoms with Crippen LogP contribution in [0.1, 0.15) is 27.0 Å². The maximum Gasteiger partial charge on any atom is 0.231 e. The number of hydrogen-bond acceptors (Lipinski definition) is 6. The van der Waals surface area contributed by atoms with Crippen molar-refractivity contribution in [1.82, 2.24) is 4.90 Å². The lowest BCUT2D eigenvalue weighted by molar-refractivity contribution is 0.0949. The predicted octanol–water partition coefficient (Wildman–Crippen LogP) is 6.02. The van der Waals surface area contributed by atoms with Crippen molar-refractivity contribution in [2.45, 2.75) is 13.0 Å². The Labute approximate surface area is 213 Å². The van der Waals surface area contributed by atoms with Crippen molar-refractivity contribution >= 4 is 35.1 Å². The Bertz CT molecular complexity index is 1320. The van der Waals surface area contributed by atoms with Crippen LogP contribution in [0.2, 0.25) is 10.0 Å². The second-order valence-corrected chi connectivity index (χ2v) is 9.07. The largest absolute Gasteiger partial charge is 0.493 e. The van der Waals surface area contributed by atoms with Crippen molar-refractivity contribution in [3.8, 4) is 23.0 Å². The zero-order chi connectivity index (χ0) is 24.5. The first-order valence-corrected chi connectivity index (χ1v) is 11.8. The molecule has 0 unspecified atom stereocenters. The molecule has 180 valence electrons. The van der Waals surface area contributed by atoms with Gasteiger partial charge in [0.25, 0.3) is 0 Å². The summed E-state index contributed by atoms with van der Waals surface area (Å²) in [6, 6.07) is 14.7. The van der Waals surface area contributed by atoms with E-state index in [1.54, 1.807) is 44.6 Å². The number of nitrogens with zero attached hydrogens (tertiary/aromatic N) is 1. The van der Waals surface area contributed by atoms with E-state index in [4.69, 9.17) is 42.1 Å². The highest BCUT2D eigenvalue weighted by atomic mass is 35.5. The maximum atomic E-state index is 13.1. The van der Waals surface area contributed by atoms with Gasteiger partial charge < -0.3 is 18.9 Å². The number of benzene rings is 3. The SMILES string of the molecule is COc1ccc(CCN2COc3ccc4c(c3C2)O/C(=C\c2c(Cl)cccc2Cl)C4=O)cc1OC. The van der Waals surface area contributed by atoms with Gasteiger partial charge in [-0.2, -0.15) is 0 Å². The highest BCUT2D eigenvalue weighted by Gasteiger charge is 2.33. The molecule has 0 spiro atoms. The molecule has 0 atom stereocenters. The first-order chi connectivity index (χ1) is 17.0. The molecule has 0 fully saturated rings. The fraction of sp³-hybridized carbons (Fsp3) is 0.222. The number of rotatable bonds is 6. The molecule has 3 aromatic carbocycles. The third-order valence-corrected chi connectivity index (χ3v) is 6.78. The Morgan fingerprint density at radius 2 is 1.80 bits per heavy atom. The van der Waals surface area contributed by atoms with Crippen LogP contribution in [-0.4, -0.2) is 38.2 Å². The highest BCUT2D eigenvalue weighted by Crippen LogP contribution is 2.42. The Morgan fingerprint density at radius 1 is 1.03 bits per heavy atom. The summed E-state index contributed by atoms with van der Waals surface area (Å²) in [5, 5.41) is 0.896. The topological polar surface area (TPSA) is 57.2 Å². The number of methoxy groups -OCH3 is 2. The number of allylic oxidation sites excluding steroid dienone is 1. The Kier molecular flexibility index (Phi) is 6.60. The minimum atomic E-state index is -0.207. The number of carbonyl (C=O) groups is 1. The number of ether oxygens (including phenoxy) is 4. The zero-order valence-electron chi connectivity index (χ0n) is 19.3. The normalized spacial score (nSPS) is 15.9. The summed E-state index contributed by atoms with van der Waals surface area (Å²) in [5.74, 6) is 2.62. The molecule has 8 heteroatoms. The fourth-order valence-electron chi connectivity index (χ4n) is 4.25. The Hall–Kier alpha value is -3.19. The molecule has 0 saturated carbocycles. The van der Waals surface area contributed by atoms with E-state index in [1.165, 1.54) is 0 Å². The van der Waals surface area contributed by atoms with Crippen LogP contribution in [0.3, 0.4) is 0 Å². The van der Waals surface area contributed by atoms with E-state index >= 15 is 0 Å². The van der Waals surface area contributed by atoms with E-state index in [0.29, 0.717) is 51.7 Å². The van der Waals surface area contributed by atoms with Crippen LogP contribution in [0, 0.1) is 0 Å². The first-order valence-electron chi connectivity index (χ1n) is 11.1. The standard InChI is InChI=1S/C27H23Cl2NO5/c1-32-23-8-6-16(12-24(23)33-2)10-11-30-14-19-22(34-15-30)9-7-17-26(31)25(35-27(17)19)13-18-20(28)4-3-5-21(18)29/h3-9,12-13H,10-11,14-15H2,1-2H3/b25-13-. The predicted molar refractivity (Wildman–Crippen MR) is 135 cm³/mol. The number of carbonyl (C=O) groups excluding carboxylic acids is 1. The van der Waals surface area contributed by atoms with Crippen LogP contribution >= 0.6 is 23.2 Å². The van der Waals surface area contributed by atoms with Crippen molar-refractivity contribution in [3.05, 3.63) is 86.6 Å². The van der Waals surface area contributed by atoms with Gasteiger partial charge in [-0.25, -0.2) is 0 Å². The Balaban J connectivity index is 1.35. The molecule has 35 heavy (non-hydrogen) atoms. The van der Waals surface area contributed by atoms with Crippen LogP contribution in [-0.2, 0) is 13.0 Å². The molecule has 0 radical (unpaired) electrons. The highest BCUT2D eigenvalue weighted by molar-refractivity contribution is 6.37. The zero-order valence-corrected chi connectivity index (χ0v) is 20.8. The van der Waals surface area contributed by atoms with Crippen molar-refractivity contribution in [2.75, 3.05) is 27.5 Å². The van der Waals surface area contributed by atoms with E-state index in [2.05, 4.69) is 4.90 Å². The van der Waals surface area contributed by atoms with Gasteiger partial charge in [0.2, 0.25) is 5.78 Å². The van der Waals surface area contributed by atoms with Crippen LogP contribution in [0.15, 0.2) is 54.3 Å². The van der Waals surface area contributed by atoms with Gasteiger partial charge in [0, 0.05) is 28.7 Å². The van der Waals surface area contributed by atoms with E-state index in [0.717, 1.165) is 29.8 Å². The van der Waals surface area contributed by atoms with Gasteiger partial charge in [-0.15, -0.1) is 0 Å². The Morgan fingerprint density at radius 3 is 2.54 bits per heavy atom. The molecule has 2 aliphatic rings. The van der Waals surface area contributed by atoms with Gasteiger partial charge in [-0.05, 0) is 54.5 Å². The lowest BCUT2D eigenvalue weighted by atomic mass is 10.0. The molecule has 3 aromatic rings. The van der Waals surface area contributed by atoms with Gasteiger partial charge in [0.05, 0.1) is 25.3 Å². The van der Waals surface area contributed by atoms with Gasteiger partial charge in [-0.3, -0.25) is 9.69 Å². The molecule has 2 heterocycles. The lowest BCUT2D eigenvalue weighted by Crippen LogP contribution is -2.33. The van der Waals surface area contributed by atoms with Gasteiger partial charge in [0.1, 0.15) is 18.2 Å². The minimum Gasteiger partial charge on any atom is -0.493 e. The van der Waals surface area contributed by atoms with E-state index < -0.39 is 0 Å². The summed E-state index contributed by atoms with van der Waals surface area (Å²) in [6.07, 6.45) is 2.39. The van der Waals surface area contributed by atoms with Crippen LogP contribution in [0.5, 0.6) is 23.0 Å². The van der Waals surface area contributed by atoms with Crippen LogP contribution in [0.4, 0.5) is 0 Å². The fourth-order valence-corrected chi connectivity index (χ4v) is 4.76. The monoisotopic (exact) mass is 511 g/mol. The van der Waals surface area contributed by atoms with Gasteiger partial charge >= 0.3 is 0 Å². The van der Waals surface area contributed by atoms with Gasteiger partial charge in [0.15, 0.2) is 17.3 Å². The average Bonchev–Trinajstić information content (AvgIpc) is 3.20. The molecule has 0 bridgehead atoms. The molecule has 0 saturated heterocycles. The van der Waals surface area contributed by atoms with Crippen LogP contribution in [0.25, 0.3) is 6.08 Å². The first kappa shape index (κ1) is 23.5. The third kappa shape index (κ3) is 4.57. The molecular formula is C27H23Cl2NO5. The summed E-state index contributed by atoms with van der Waals surface area (Å²) < 4.78 is 22.8. The summed E-state index contributed by atoms with van der Waals surface area (Å²) >= 11 is 12.6. The third-order valence-electron chi connectivity index (χ3n) is 6.12. The maximum absolute atomic E-state index is 13.1. The van der Waals surface area contributed by atoms with Gasteiger partial charge in [-0.1, -0.05) is 35.3 Å². The average molecular weight is 512 g/mol. The van der Waals surface area contributed by atoms with Crippen molar-refractivity contribution in [2.24, 2.45) is 0 Å². The van der Waals surface area contributed by atoms with Crippen molar-refractivity contribution in [3.63, 3.8) is 0 Å².